The van der Waals surface area contributed by atoms with E-state index >= 15 is 0 Å². The molecular formula is C19H22N2O4S. The van der Waals surface area contributed by atoms with E-state index in [4.69, 9.17) is 4.74 Å². The lowest BCUT2D eigenvalue weighted by molar-refractivity contribution is -0.384. The fourth-order valence-electron chi connectivity index (χ4n) is 2.28. The summed E-state index contributed by atoms with van der Waals surface area (Å²) in [6, 6.07) is 12.4. The Labute approximate surface area is 157 Å². The first-order valence-corrected chi connectivity index (χ1v) is 9.05. The molecule has 6 nitrogen and oxygen atoms in total. The van der Waals surface area contributed by atoms with Crippen molar-refractivity contribution < 1.29 is 14.5 Å². The summed E-state index contributed by atoms with van der Waals surface area (Å²) in [7, 11) is 1.43. The number of nitro groups is 1. The Hall–Kier alpha value is -2.54. The molecule has 2 aromatic rings. The van der Waals surface area contributed by atoms with E-state index in [0.29, 0.717) is 5.75 Å². The molecule has 0 bridgehead atoms. The second-order valence-electron chi connectivity index (χ2n) is 6.75. The molecule has 0 atom stereocenters. The zero-order valence-electron chi connectivity index (χ0n) is 15.2. The van der Waals surface area contributed by atoms with Crippen molar-refractivity contribution >= 4 is 29.0 Å². The van der Waals surface area contributed by atoms with Gasteiger partial charge in [-0.1, -0.05) is 32.9 Å². The number of rotatable bonds is 6. The molecule has 138 valence electrons. The molecule has 0 spiro atoms. The molecule has 2 rings (SSSR count). The topological polar surface area (TPSA) is 81.5 Å². The van der Waals surface area contributed by atoms with Crippen molar-refractivity contribution in [2.45, 2.75) is 31.1 Å². The van der Waals surface area contributed by atoms with Crippen LogP contribution in [0, 0.1) is 10.1 Å². The number of nitrogens with zero attached hydrogens (tertiary/aromatic N) is 1. The highest BCUT2D eigenvalue weighted by Crippen LogP contribution is 2.30. The molecule has 0 saturated carbocycles. The second kappa shape index (κ2) is 8.23. The lowest BCUT2D eigenvalue weighted by Gasteiger charge is -2.19. The van der Waals surface area contributed by atoms with Crippen LogP contribution in [0.5, 0.6) is 5.75 Å². The van der Waals surface area contributed by atoms with Gasteiger partial charge < -0.3 is 10.1 Å². The third-order valence-corrected chi connectivity index (χ3v) is 4.78. The Balaban J connectivity index is 2.00. The number of anilines is 1. The molecule has 1 N–H and O–H groups in total. The van der Waals surface area contributed by atoms with Crippen molar-refractivity contribution in [3.05, 3.63) is 58.1 Å². The van der Waals surface area contributed by atoms with E-state index in [0.717, 1.165) is 4.90 Å². The highest BCUT2D eigenvalue weighted by molar-refractivity contribution is 8.00. The molecule has 0 aliphatic carbocycles. The van der Waals surface area contributed by atoms with Gasteiger partial charge in [0.15, 0.2) is 0 Å². The average molecular weight is 374 g/mol. The highest BCUT2D eigenvalue weighted by atomic mass is 32.2. The number of carbonyl (C=O) groups is 1. The molecule has 0 fully saturated rings. The van der Waals surface area contributed by atoms with Crippen LogP contribution in [0.25, 0.3) is 0 Å². The number of thioether (sulfide) groups is 1. The molecule has 0 saturated heterocycles. The van der Waals surface area contributed by atoms with Gasteiger partial charge in [0.1, 0.15) is 11.4 Å². The van der Waals surface area contributed by atoms with Crippen LogP contribution in [0.15, 0.2) is 47.4 Å². The minimum absolute atomic E-state index is 0.0773. The summed E-state index contributed by atoms with van der Waals surface area (Å²) >= 11 is 1.38. The third-order valence-electron chi connectivity index (χ3n) is 3.77. The predicted molar refractivity (Wildman–Crippen MR) is 104 cm³/mol. The molecule has 26 heavy (non-hydrogen) atoms. The number of nitrogens with one attached hydrogen (secondary N) is 1. The molecule has 2 aromatic carbocycles. The molecule has 0 aliphatic rings. The van der Waals surface area contributed by atoms with Crippen LogP contribution < -0.4 is 10.1 Å². The molecule has 0 aromatic heterocycles. The van der Waals surface area contributed by atoms with Gasteiger partial charge in [0.25, 0.3) is 5.69 Å². The van der Waals surface area contributed by atoms with E-state index in [2.05, 4.69) is 38.2 Å². The third kappa shape index (κ3) is 5.23. The summed E-state index contributed by atoms with van der Waals surface area (Å²) < 4.78 is 4.98. The standard InChI is InChI=1S/C19H22N2O4S/c1-19(2,3)13-5-8-15(9-6-13)26-12-18(22)20-16-10-7-14(25-4)11-17(16)21(23)24/h5-11H,12H2,1-4H3,(H,20,22). The van der Waals surface area contributed by atoms with Crippen LogP contribution >= 0.6 is 11.8 Å². The number of carbonyl (C=O) groups excluding carboxylic acids is 1. The molecule has 0 heterocycles. The van der Waals surface area contributed by atoms with Crippen molar-refractivity contribution in [2.24, 2.45) is 0 Å². The van der Waals surface area contributed by atoms with E-state index in [1.165, 1.54) is 36.6 Å². The number of hydrogen-bond acceptors (Lipinski definition) is 5. The van der Waals surface area contributed by atoms with Crippen LogP contribution in [0.1, 0.15) is 26.3 Å². The summed E-state index contributed by atoms with van der Waals surface area (Å²) in [5.74, 6) is 0.226. The van der Waals surface area contributed by atoms with Crippen molar-refractivity contribution in [1.29, 1.82) is 0 Å². The van der Waals surface area contributed by atoms with Crippen LogP contribution in [0.2, 0.25) is 0 Å². The Morgan fingerprint density at radius 1 is 1.19 bits per heavy atom. The first-order valence-electron chi connectivity index (χ1n) is 8.06. The van der Waals surface area contributed by atoms with Crippen molar-refractivity contribution in [2.75, 3.05) is 18.2 Å². The quantitative estimate of drug-likeness (QED) is 0.453. The van der Waals surface area contributed by atoms with E-state index in [1.54, 1.807) is 6.07 Å². The normalized spacial score (nSPS) is 11.1. The molecule has 0 aliphatic heterocycles. The van der Waals surface area contributed by atoms with Gasteiger partial charge in [-0.05, 0) is 35.2 Å². The highest BCUT2D eigenvalue weighted by Gasteiger charge is 2.17. The van der Waals surface area contributed by atoms with Gasteiger partial charge in [0.2, 0.25) is 5.91 Å². The number of hydrogen-bond donors (Lipinski definition) is 1. The van der Waals surface area contributed by atoms with Gasteiger partial charge in [-0.15, -0.1) is 11.8 Å². The monoisotopic (exact) mass is 374 g/mol. The van der Waals surface area contributed by atoms with Crippen LogP contribution in [0.3, 0.4) is 0 Å². The van der Waals surface area contributed by atoms with Crippen molar-refractivity contribution in [1.82, 2.24) is 0 Å². The smallest absolute Gasteiger partial charge is 0.296 e. The molecule has 7 heteroatoms. The first kappa shape index (κ1) is 19.8. The van der Waals surface area contributed by atoms with Gasteiger partial charge in [0, 0.05) is 4.90 Å². The fourth-order valence-corrected chi connectivity index (χ4v) is 2.98. The Bertz CT molecular complexity index is 798. The molecule has 0 unspecified atom stereocenters. The summed E-state index contributed by atoms with van der Waals surface area (Å²) in [5.41, 5.74) is 1.26. The zero-order valence-corrected chi connectivity index (χ0v) is 16.1. The number of nitro benzene ring substituents is 1. The van der Waals surface area contributed by atoms with Crippen LogP contribution in [0.4, 0.5) is 11.4 Å². The largest absolute Gasteiger partial charge is 0.496 e. The van der Waals surface area contributed by atoms with Gasteiger partial charge >= 0.3 is 0 Å². The predicted octanol–water partition coefficient (Wildman–Crippen LogP) is 4.63. The Morgan fingerprint density at radius 3 is 2.38 bits per heavy atom. The Morgan fingerprint density at radius 2 is 1.85 bits per heavy atom. The van der Waals surface area contributed by atoms with Crippen LogP contribution in [-0.4, -0.2) is 23.7 Å². The number of ether oxygens (including phenoxy) is 1. The zero-order chi connectivity index (χ0) is 19.3. The summed E-state index contributed by atoms with van der Waals surface area (Å²) in [6.07, 6.45) is 0. The molecular weight excluding hydrogens is 352 g/mol. The fraction of sp³-hybridized carbons (Fsp3) is 0.316. The maximum atomic E-state index is 12.2. The molecule has 1 amide bonds. The van der Waals surface area contributed by atoms with Crippen LogP contribution in [-0.2, 0) is 10.2 Å². The maximum absolute atomic E-state index is 12.2. The number of amides is 1. The van der Waals surface area contributed by atoms with E-state index in [9.17, 15) is 14.9 Å². The summed E-state index contributed by atoms with van der Waals surface area (Å²) in [4.78, 5) is 23.7. The van der Waals surface area contributed by atoms with Gasteiger partial charge in [-0.2, -0.15) is 0 Å². The van der Waals surface area contributed by atoms with Gasteiger partial charge in [0.05, 0.1) is 23.9 Å². The van der Waals surface area contributed by atoms with Crippen molar-refractivity contribution in [3.63, 3.8) is 0 Å². The van der Waals surface area contributed by atoms with Gasteiger partial charge in [-0.3, -0.25) is 14.9 Å². The average Bonchev–Trinajstić information content (AvgIpc) is 2.59. The minimum atomic E-state index is -0.545. The van der Waals surface area contributed by atoms with E-state index < -0.39 is 4.92 Å². The van der Waals surface area contributed by atoms with E-state index in [1.807, 2.05) is 12.1 Å². The molecule has 0 radical (unpaired) electrons. The maximum Gasteiger partial charge on any atom is 0.296 e. The first-order chi connectivity index (χ1) is 12.2. The Kier molecular flexibility index (Phi) is 6.26. The summed E-state index contributed by atoms with van der Waals surface area (Å²) in [5, 5.41) is 13.7. The lowest BCUT2D eigenvalue weighted by Crippen LogP contribution is -2.15. The SMILES string of the molecule is COc1ccc(NC(=O)CSc2ccc(C(C)(C)C)cc2)c([N+](=O)[O-])c1. The van der Waals surface area contributed by atoms with Gasteiger partial charge in [-0.25, -0.2) is 0 Å². The number of benzene rings is 2. The number of methoxy groups -OCH3 is 1. The lowest BCUT2D eigenvalue weighted by atomic mass is 9.87. The minimum Gasteiger partial charge on any atom is -0.496 e. The van der Waals surface area contributed by atoms with Crippen molar-refractivity contribution in [3.8, 4) is 5.75 Å². The second-order valence-corrected chi connectivity index (χ2v) is 7.80. The summed E-state index contributed by atoms with van der Waals surface area (Å²) in [6.45, 7) is 6.43. The van der Waals surface area contributed by atoms with E-state index in [-0.39, 0.29) is 28.4 Å².